The summed E-state index contributed by atoms with van der Waals surface area (Å²) in [6, 6.07) is 6.05. The van der Waals surface area contributed by atoms with Crippen molar-refractivity contribution in [3.63, 3.8) is 0 Å². The summed E-state index contributed by atoms with van der Waals surface area (Å²) in [6.45, 7) is 6.10. The zero-order chi connectivity index (χ0) is 14.8. The van der Waals surface area contributed by atoms with Crippen LogP contribution in [0.15, 0.2) is 18.2 Å². The number of hydrogen-bond acceptors (Lipinski definition) is 3. The van der Waals surface area contributed by atoms with Gasteiger partial charge in [0, 0.05) is 11.6 Å². The van der Waals surface area contributed by atoms with Gasteiger partial charge in [0.2, 0.25) is 0 Å². The standard InChI is InChI=1S/C16H24N2O2/c1-4-16(2,3)18-15(19)10-20-12-6-7-13-11(9-12)5-8-14(13)17/h6-7,9,14H,4-5,8,10,17H2,1-3H3,(H,18,19)/t14-/m1/s1. The molecule has 1 atom stereocenters. The predicted octanol–water partition coefficient (Wildman–Crippen LogP) is 2.32. The molecule has 0 fully saturated rings. The lowest BCUT2D eigenvalue weighted by Gasteiger charge is -2.24. The molecule has 1 aromatic rings. The minimum Gasteiger partial charge on any atom is -0.484 e. The van der Waals surface area contributed by atoms with Crippen molar-refractivity contribution in [3.05, 3.63) is 29.3 Å². The van der Waals surface area contributed by atoms with Crippen LogP contribution in [0.1, 0.15) is 50.8 Å². The highest BCUT2D eigenvalue weighted by Gasteiger charge is 2.20. The third-order valence-corrected chi connectivity index (χ3v) is 3.97. The molecule has 4 heteroatoms. The Kier molecular flexibility index (Phi) is 4.33. The number of hydrogen-bond donors (Lipinski definition) is 2. The normalized spacial score (nSPS) is 17.7. The van der Waals surface area contributed by atoms with Crippen LogP contribution < -0.4 is 15.8 Å². The minimum absolute atomic E-state index is 0.0499. The molecule has 0 saturated carbocycles. The first kappa shape index (κ1) is 14.9. The molecule has 1 aromatic carbocycles. The SMILES string of the molecule is CCC(C)(C)NC(=O)COc1ccc2c(c1)CC[C@H]2N. The van der Waals surface area contributed by atoms with E-state index in [2.05, 4.69) is 5.32 Å². The number of carbonyl (C=O) groups excluding carboxylic acids is 1. The summed E-state index contributed by atoms with van der Waals surface area (Å²) in [5, 5.41) is 2.95. The number of ether oxygens (including phenoxy) is 1. The molecule has 1 aliphatic rings. The molecule has 2 rings (SSSR count). The minimum atomic E-state index is -0.189. The van der Waals surface area contributed by atoms with Crippen molar-refractivity contribution < 1.29 is 9.53 Å². The number of rotatable bonds is 5. The van der Waals surface area contributed by atoms with E-state index in [0.29, 0.717) is 0 Å². The zero-order valence-corrected chi connectivity index (χ0v) is 12.5. The third-order valence-electron chi connectivity index (χ3n) is 3.97. The number of nitrogens with one attached hydrogen (secondary N) is 1. The lowest BCUT2D eigenvalue weighted by atomic mass is 10.0. The largest absolute Gasteiger partial charge is 0.484 e. The van der Waals surface area contributed by atoms with Gasteiger partial charge in [-0.1, -0.05) is 13.0 Å². The maximum Gasteiger partial charge on any atom is 0.258 e. The van der Waals surface area contributed by atoms with Crippen molar-refractivity contribution in [2.45, 2.75) is 51.6 Å². The molecule has 0 spiro atoms. The van der Waals surface area contributed by atoms with Gasteiger partial charge in [0.05, 0.1) is 0 Å². The van der Waals surface area contributed by atoms with E-state index in [1.807, 2.05) is 39.0 Å². The average molecular weight is 276 g/mol. The van der Waals surface area contributed by atoms with Crippen LogP contribution in [0.3, 0.4) is 0 Å². The Bertz CT molecular complexity index is 497. The van der Waals surface area contributed by atoms with Crippen LogP contribution in [-0.2, 0) is 11.2 Å². The highest BCUT2D eigenvalue weighted by Crippen LogP contribution is 2.31. The predicted molar refractivity (Wildman–Crippen MR) is 79.7 cm³/mol. The fraction of sp³-hybridized carbons (Fsp3) is 0.562. The van der Waals surface area contributed by atoms with E-state index in [1.165, 1.54) is 11.1 Å². The number of benzene rings is 1. The van der Waals surface area contributed by atoms with Crippen molar-refractivity contribution >= 4 is 5.91 Å². The second-order valence-corrected chi connectivity index (χ2v) is 6.08. The van der Waals surface area contributed by atoms with Gasteiger partial charge in [-0.3, -0.25) is 4.79 Å². The molecule has 1 amide bonds. The highest BCUT2D eigenvalue weighted by atomic mass is 16.5. The Hall–Kier alpha value is -1.55. The van der Waals surface area contributed by atoms with Gasteiger partial charge in [-0.25, -0.2) is 0 Å². The smallest absolute Gasteiger partial charge is 0.258 e. The second kappa shape index (κ2) is 5.83. The van der Waals surface area contributed by atoms with Crippen molar-refractivity contribution in [2.24, 2.45) is 5.73 Å². The number of carbonyl (C=O) groups is 1. The highest BCUT2D eigenvalue weighted by molar-refractivity contribution is 5.78. The zero-order valence-electron chi connectivity index (χ0n) is 12.5. The van der Waals surface area contributed by atoms with Crippen LogP contribution >= 0.6 is 0 Å². The fourth-order valence-corrected chi connectivity index (χ4v) is 2.37. The molecular formula is C16H24N2O2. The molecule has 0 unspecified atom stereocenters. The summed E-state index contributed by atoms with van der Waals surface area (Å²) in [5.41, 5.74) is 8.25. The Balaban J connectivity index is 1.90. The number of nitrogens with two attached hydrogens (primary N) is 1. The third kappa shape index (κ3) is 3.51. The molecule has 0 radical (unpaired) electrons. The second-order valence-electron chi connectivity index (χ2n) is 6.08. The van der Waals surface area contributed by atoms with E-state index in [1.54, 1.807) is 0 Å². The van der Waals surface area contributed by atoms with Crippen LogP contribution in [-0.4, -0.2) is 18.1 Å². The van der Waals surface area contributed by atoms with E-state index in [4.69, 9.17) is 10.5 Å². The Morgan fingerprint density at radius 1 is 1.50 bits per heavy atom. The lowest BCUT2D eigenvalue weighted by molar-refractivity contribution is -0.124. The van der Waals surface area contributed by atoms with E-state index < -0.39 is 0 Å². The summed E-state index contributed by atoms with van der Waals surface area (Å²) in [4.78, 5) is 11.8. The summed E-state index contributed by atoms with van der Waals surface area (Å²) < 4.78 is 5.57. The number of amides is 1. The maximum absolute atomic E-state index is 11.8. The van der Waals surface area contributed by atoms with Crippen molar-refractivity contribution in [3.8, 4) is 5.75 Å². The first-order valence-electron chi connectivity index (χ1n) is 7.23. The average Bonchev–Trinajstić information content (AvgIpc) is 2.77. The van der Waals surface area contributed by atoms with Crippen molar-refractivity contribution in [1.29, 1.82) is 0 Å². The van der Waals surface area contributed by atoms with Crippen molar-refractivity contribution in [2.75, 3.05) is 6.61 Å². The van der Waals surface area contributed by atoms with Gasteiger partial charge in [-0.05, 0) is 56.4 Å². The first-order valence-corrected chi connectivity index (χ1v) is 7.23. The summed E-state index contributed by atoms with van der Waals surface area (Å²) >= 11 is 0. The van der Waals surface area contributed by atoms with Crippen LogP contribution in [0.25, 0.3) is 0 Å². The van der Waals surface area contributed by atoms with Gasteiger partial charge in [0.25, 0.3) is 5.91 Å². The van der Waals surface area contributed by atoms with Gasteiger partial charge in [0.15, 0.2) is 6.61 Å². The number of fused-ring (bicyclic) bond motifs is 1. The molecule has 110 valence electrons. The van der Waals surface area contributed by atoms with Crippen LogP contribution in [0, 0.1) is 0 Å². The van der Waals surface area contributed by atoms with E-state index in [9.17, 15) is 4.79 Å². The summed E-state index contributed by atoms with van der Waals surface area (Å²) in [5.74, 6) is 0.649. The Morgan fingerprint density at radius 3 is 2.95 bits per heavy atom. The van der Waals surface area contributed by atoms with Crippen LogP contribution in [0.4, 0.5) is 0 Å². The molecule has 3 N–H and O–H groups in total. The first-order chi connectivity index (χ1) is 9.41. The maximum atomic E-state index is 11.8. The Labute approximate surface area is 120 Å². The molecule has 0 aromatic heterocycles. The van der Waals surface area contributed by atoms with E-state index >= 15 is 0 Å². The van der Waals surface area contributed by atoms with Gasteiger partial charge in [-0.15, -0.1) is 0 Å². The monoisotopic (exact) mass is 276 g/mol. The molecule has 4 nitrogen and oxygen atoms in total. The van der Waals surface area contributed by atoms with Crippen LogP contribution in [0.2, 0.25) is 0 Å². The topological polar surface area (TPSA) is 64.3 Å². The van der Waals surface area contributed by atoms with Gasteiger partial charge >= 0.3 is 0 Å². The lowest BCUT2D eigenvalue weighted by Crippen LogP contribution is -2.44. The summed E-state index contributed by atoms with van der Waals surface area (Å²) in [7, 11) is 0. The molecule has 0 saturated heterocycles. The molecular weight excluding hydrogens is 252 g/mol. The molecule has 0 bridgehead atoms. The fourth-order valence-electron chi connectivity index (χ4n) is 2.37. The quantitative estimate of drug-likeness (QED) is 0.867. The molecule has 0 heterocycles. The van der Waals surface area contributed by atoms with Gasteiger partial charge in [0.1, 0.15) is 5.75 Å². The van der Waals surface area contributed by atoms with Crippen LogP contribution in [0.5, 0.6) is 5.75 Å². The van der Waals surface area contributed by atoms with Crippen molar-refractivity contribution in [1.82, 2.24) is 5.32 Å². The summed E-state index contributed by atoms with van der Waals surface area (Å²) in [6.07, 6.45) is 2.86. The molecule has 20 heavy (non-hydrogen) atoms. The molecule has 0 aliphatic heterocycles. The van der Waals surface area contributed by atoms with Gasteiger partial charge in [-0.2, -0.15) is 0 Å². The Morgan fingerprint density at radius 2 is 2.25 bits per heavy atom. The van der Waals surface area contributed by atoms with Gasteiger partial charge < -0.3 is 15.8 Å². The number of aryl methyl sites for hydroxylation is 1. The van der Waals surface area contributed by atoms with E-state index in [0.717, 1.165) is 25.0 Å². The van der Waals surface area contributed by atoms with E-state index in [-0.39, 0.29) is 24.1 Å². The molecule has 1 aliphatic carbocycles.